The van der Waals surface area contributed by atoms with Crippen LogP contribution in [0.2, 0.25) is 0 Å². The van der Waals surface area contributed by atoms with Crippen LogP contribution < -0.4 is 5.32 Å². The van der Waals surface area contributed by atoms with E-state index in [4.69, 9.17) is 9.47 Å². The molecule has 1 aliphatic rings. The molecule has 140 valence electrons. The van der Waals surface area contributed by atoms with Crippen molar-refractivity contribution in [1.82, 2.24) is 14.7 Å². The molecule has 0 atom stereocenters. The molecule has 1 N–H and O–H groups in total. The number of nitrogens with zero attached hydrogens (tertiary/aromatic N) is 3. The van der Waals surface area contributed by atoms with Crippen LogP contribution in [0.1, 0.15) is 45.9 Å². The summed E-state index contributed by atoms with van der Waals surface area (Å²) < 4.78 is 12.2. The van der Waals surface area contributed by atoms with Crippen molar-refractivity contribution in [2.45, 2.75) is 53.2 Å². The number of rotatable bonds is 3. The summed E-state index contributed by atoms with van der Waals surface area (Å²) in [5, 5.41) is 7.18. The lowest BCUT2D eigenvalue weighted by atomic mass is 10.1. The van der Waals surface area contributed by atoms with Crippen molar-refractivity contribution in [1.29, 1.82) is 0 Å². The molecular formula is C17H28N4O4. The Bertz CT molecular complexity index is 646. The molecule has 8 nitrogen and oxygen atoms in total. The summed E-state index contributed by atoms with van der Waals surface area (Å²) in [5.41, 5.74) is 1.15. The number of hydrogen-bond acceptors (Lipinski definition) is 5. The Morgan fingerprint density at radius 2 is 2.00 bits per heavy atom. The third-order valence-corrected chi connectivity index (χ3v) is 3.62. The summed E-state index contributed by atoms with van der Waals surface area (Å²) in [6.07, 6.45) is -0.269. The van der Waals surface area contributed by atoms with Crippen molar-refractivity contribution in [3.63, 3.8) is 0 Å². The fourth-order valence-corrected chi connectivity index (χ4v) is 2.51. The second-order valence-electron chi connectivity index (χ2n) is 7.67. The van der Waals surface area contributed by atoms with Crippen LogP contribution in [-0.4, -0.2) is 45.6 Å². The largest absolute Gasteiger partial charge is 0.449 e. The molecule has 0 aromatic carbocycles. The number of carbonyl (C=O) groups excluding carboxylic acids is 2. The molecule has 0 spiro atoms. The van der Waals surface area contributed by atoms with Crippen LogP contribution in [0.25, 0.3) is 0 Å². The summed E-state index contributed by atoms with van der Waals surface area (Å²) >= 11 is 0. The van der Waals surface area contributed by atoms with E-state index in [0.29, 0.717) is 31.9 Å². The summed E-state index contributed by atoms with van der Waals surface area (Å²) in [4.78, 5) is 25.9. The predicted octanol–water partition coefficient (Wildman–Crippen LogP) is 2.92. The average Bonchev–Trinajstić information content (AvgIpc) is 2.79. The van der Waals surface area contributed by atoms with Crippen molar-refractivity contribution in [2.75, 3.05) is 18.5 Å². The molecule has 2 heterocycles. The molecular weight excluding hydrogens is 324 g/mol. The zero-order valence-electron chi connectivity index (χ0n) is 15.9. The molecule has 0 aliphatic carbocycles. The molecule has 0 saturated heterocycles. The average molecular weight is 352 g/mol. The van der Waals surface area contributed by atoms with Crippen LogP contribution in [0, 0.1) is 5.92 Å². The molecule has 0 bridgehead atoms. The van der Waals surface area contributed by atoms with Crippen molar-refractivity contribution in [2.24, 2.45) is 13.0 Å². The number of amides is 2. The highest BCUT2D eigenvalue weighted by molar-refractivity contribution is 5.85. The molecule has 1 aromatic heterocycles. The molecule has 8 heteroatoms. The number of fused-ring (bicyclic) bond motifs is 1. The number of hydrogen-bond donors (Lipinski definition) is 1. The van der Waals surface area contributed by atoms with Gasteiger partial charge in [0.15, 0.2) is 0 Å². The maximum atomic E-state index is 12.3. The minimum absolute atomic E-state index is 0.258. The van der Waals surface area contributed by atoms with E-state index in [1.165, 1.54) is 0 Å². The maximum absolute atomic E-state index is 12.3. The van der Waals surface area contributed by atoms with Crippen LogP contribution in [0.5, 0.6) is 0 Å². The van der Waals surface area contributed by atoms with E-state index in [9.17, 15) is 9.59 Å². The second kappa shape index (κ2) is 7.33. The van der Waals surface area contributed by atoms with Gasteiger partial charge in [0, 0.05) is 25.6 Å². The first-order chi connectivity index (χ1) is 11.6. The van der Waals surface area contributed by atoms with Gasteiger partial charge in [-0.05, 0) is 26.7 Å². The number of ether oxygens (including phenoxy) is 2. The highest BCUT2D eigenvalue weighted by Gasteiger charge is 2.30. The summed E-state index contributed by atoms with van der Waals surface area (Å²) in [6, 6.07) is 0. The van der Waals surface area contributed by atoms with E-state index in [0.717, 1.165) is 11.3 Å². The van der Waals surface area contributed by atoms with E-state index >= 15 is 0 Å². The van der Waals surface area contributed by atoms with Gasteiger partial charge in [0.25, 0.3) is 0 Å². The maximum Gasteiger partial charge on any atom is 0.412 e. The van der Waals surface area contributed by atoms with Gasteiger partial charge in [-0.1, -0.05) is 13.8 Å². The molecule has 1 aromatic rings. The van der Waals surface area contributed by atoms with E-state index in [1.54, 1.807) is 16.6 Å². The zero-order chi connectivity index (χ0) is 18.8. The quantitative estimate of drug-likeness (QED) is 0.904. The van der Waals surface area contributed by atoms with E-state index < -0.39 is 11.7 Å². The van der Waals surface area contributed by atoms with Gasteiger partial charge in [-0.15, -0.1) is 0 Å². The van der Waals surface area contributed by atoms with E-state index in [2.05, 4.69) is 10.4 Å². The van der Waals surface area contributed by atoms with Gasteiger partial charge in [-0.2, -0.15) is 5.10 Å². The first-order valence-electron chi connectivity index (χ1n) is 8.53. The number of anilines is 1. The lowest BCUT2D eigenvalue weighted by molar-refractivity contribution is 0.0224. The van der Waals surface area contributed by atoms with Crippen LogP contribution in [-0.2, 0) is 29.5 Å². The van der Waals surface area contributed by atoms with Crippen molar-refractivity contribution in [3.8, 4) is 0 Å². The third kappa shape index (κ3) is 5.11. The smallest absolute Gasteiger partial charge is 0.412 e. The van der Waals surface area contributed by atoms with Gasteiger partial charge in [0.2, 0.25) is 0 Å². The number of aromatic nitrogens is 2. The second-order valence-corrected chi connectivity index (χ2v) is 7.67. The van der Waals surface area contributed by atoms with Crippen LogP contribution in [0.15, 0.2) is 0 Å². The Hall–Kier alpha value is -2.25. The molecule has 25 heavy (non-hydrogen) atoms. The first kappa shape index (κ1) is 19.1. The molecule has 0 unspecified atom stereocenters. The Morgan fingerprint density at radius 1 is 1.32 bits per heavy atom. The fourth-order valence-electron chi connectivity index (χ4n) is 2.51. The highest BCUT2D eigenvalue weighted by atomic mass is 16.6. The van der Waals surface area contributed by atoms with Gasteiger partial charge < -0.3 is 14.4 Å². The monoisotopic (exact) mass is 352 g/mol. The number of carbonyl (C=O) groups is 2. The highest BCUT2D eigenvalue weighted by Crippen LogP contribution is 2.27. The topological polar surface area (TPSA) is 85.7 Å². The van der Waals surface area contributed by atoms with E-state index in [-0.39, 0.29) is 12.0 Å². The summed E-state index contributed by atoms with van der Waals surface area (Å²) in [7, 11) is 1.76. The number of aryl methyl sites for hydroxylation is 1. The standard InChI is InChI=1S/C17H28N4O4/c1-11(2)10-24-15(22)18-14-12-9-21(16(23)25-17(3,4)5)8-7-13(12)19-20(14)6/h11H,7-10H2,1-6H3,(H,18,22). The molecule has 2 rings (SSSR count). The normalized spacial score (nSPS) is 14.3. The lowest BCUT2D eigenvalue weighted by Crippen LogP contribution is -2.40. The summed E-state index contributed by atoms with van der Waals surface area (Å²) in [5.74, 6) is 0.811. The molecule has 0 radical (unpaired) electrons. The molecule has 0 fully saturated rings. The summed E-state index contributed by atoms with van der Waals surface area (Å²) in [6.45, 7) is 10.7. The van der Waals surface area contributed by atoms with Crippen molar-refractivity contribution >= 4 is 18.0 Å². The van der Waals surface area contributed by atoms with Crippen LogP contribution >= 0.6 is 0 Å². The van der Waals surface area contributed by atoms with Crippen molar-refractivity contribution in [3.05, 3.63) is 11.3 Å². The van der Waals surface area contributed by atoms with Crippen LogP contribution in [0.4, 0.5) is 15.4 Å². The Morgan fingerprint density at radius 3 is 2.60 bits per heavy atom. The van der Waals surface area contributed by atoms with Gasteiger partial charge in [0.1, 0.15) is 11.4 Å². The molecule has 1 aliphatic heterocycles. The van der Waals surface area contributed by atoms with Gasteiger partial charge in [0.05, 0.1) is 18.8 Å². The van der Waals surface area contributed by atoms with Crippen LogP contribution in [0.3, 0.4) is 0 Å². The minimum Gasteiger partial charge on any atom is -0.449 e. The Labute approximate surface area is 148 Å². The molecule has 2 amide bonds. The van der Waals surface area contributed by atoms with Gasteiger partial charge >= 0.3 is 12.2 Å². The van der Waals surface area contributed by atoms with Gasteiger partial charge in [-0.25, -0.2) is 9.59 Å². The first-order valence-corrected chi connectivity index (χ1v) is 8.53. The third-order valence-electron chi connectivity index (χ3n) is 3.62. The minimum atomic E-state index is -0.548. The van der Waals surface area contributed by atoms with Crippen molar-refractivity contribution < 1.29 is 19.1 Å². The zero-order valence-corrected chi connectivity index (χ0v) is 15.9. The van der Waals surface area contributed by atoms with E-state index in [1.807, 2.05) is 34.6 Å². The predicted molar refractivity (Wildman–Crippen MR) is 93.4 cm³/mol. The molecule has 0 saturated carbocycles. The SMILES string of the molecule is CC(C)COC(=O)Nc1c2c(nn1C)CCN(C(=O)OC(C)(C)C)C2. The Kier molecular flexibility index (Phi) is 5.59. The van der Waals surface area contributed by atoms with Gasteiger partial charge in [-0.3, -0.25) is 10.00 Å². The lowest BCUT2D eigenvalue weighted by Gasteiger charge is -2.29. The Balaban J connectivity index is 2.10. The number of nitrogens with one attached hydrogen (secondary N) is 1. The fraction of sp³-hybridized carbons (Fsp3) is 0.706.